The number of rotatable bonds is 10. The van der Waals surface area contributed by atoms with Gasteiger partial charge in [0.1, 0.15) is 0 Å². The first-order valence-electron chi connectivity index (χ1n) is 8.79. The zero-order valence-electron chi connectivity index (χ0n) is 13.4. The second kappa shape index (κ2) is 11.1. The Morgan fingerprint density at radius 1 is 1.05 bits per heavy atom. The van der Waals surface area contributed by atoms with E-state index in [-0.39, 0.29) is 0 Å². The Balaban J connectivity index is 2.34. The van der Waals surface area contributed by atoms with Crippen LogP contribution in [0.15, 0.2) is 0 Å². The molecule has 0 unspecified atom stereocenters. The Hall–Kier alpha value is -0.570. The van der Waals surface area contributed by atoms with Crippen molar-refractivity contribution in [3.63, 3.8) is 0 Å². The molecule has 3 nitrogen and oxygen atoms in total. The van der Waals surface area contributed by atoms with Crippen molar-refractivity contribution < 1.29 is 4.79 Å². The molecule has 1 amide bonds. The molecular formula is C17H34N2O. The predicted molar refractivity (Wildman–Crippen MR) is 85.6 cm³/mol. The van der Waals surface area contributed by atoms with Gasteiger partial charge in [0.05, 0.1) is 0 Å². The molecule has 0 aromatic rings. The van der Waals surface area contributed by atoms with E-state index in [1.54, 1.807) is 0 Å². The van der Waals surface area contributed by atoms with Gasteiger partial charge in [0, 0.05) is 19.0 Å². The Morgan fingerprint density at radius 2 is 1.75 bits per heavy atom. The molecule has 1 saturated carbocycles. The molecule has 0 aromatic carbocycles. The Labute approximate surface area is 125 Å². The summed E-state index contributed by atoms with van der Waals surface area (Å²) < 4.78 is 0. The number of amides is 1. The average Bonchev–Trinajstić information content (AvgIpc) is 2.48. The van der Waals surface area contributed by atoms with Gasteiger partial charge in [-0.3, -0.25) is 4.79 Å². The Bertz CT molecular complexity index is 249. The smallest absolute Gasteiger partial charge is 0.222 e. The molecular weight excluding hydrogens is 248 g/mol. The highest BCUT2D eigenvalue weighted by Crippen LogP contribution is 2.23. The fourth-order valence-corrected chi connectivity index (χ4v) is 3.19. The molecule has 20 heavy (non-hydrogen) atoms. The van der Waals surface area contributed by atoms with Crippen LogP contribution in [0.1, 0.15) is 84.0 Å². The van der Waals surface area contributed by atoms with Gasteiger partial charge in [0.25, 0.3) is 0 Å². The first-order chi connectivity index (χ1) is 9.79. The summed E-state index contributed by atoms with van der Waals surface area (Å²) in [5.41, 5.74) is 5.62. The molecule has 0 bridgehead atoms. The lowest BCUT2D eigenvalue weighted by atomic mass is 9.93. The van der Waals surface area contributed by atoms with Gasteiger partial charge in [0.15, 0.2) is 0 Å². The lowest BCUT2D eigenvalue weighted by molar-refractivity contribution is -0.134. The number of hydrogen-bond donors (Lipinski definition) is 1. The number of carbonyl (C=O) groups is 1. The van der Waals surface area contributed by atoms with Crippen LogP contribution < -0.4 is 5.73 Å². The van der Waals surface area contributed by atoms with Gasteiger partial charge in [-0.15, -0.1) is 0 Å². The summed E-state index contributed by atoms with van der Waals surface area (Å²) in [6.45, 7) is 3.78. The Morgan fingerprint density at radius 3 is 2.40 bits per heavy atom. The maximum atomic E-state index is 12.5. The van der Waals surface area contributed by atoms with Gasteiger partial charge in [-0.2, -0.15) is 0 Å². The van der Waals surface area contributed by atoms with Crippen molar-refractivity contribution in [1.82, 2.24) is 4.90 Å². The van der Waals surface area contributed by atoms with Crippen LogP contribution in [0.5, 0.6) is 0 Å². The summed E-state index contributed by atoms with van der Waals surface area (Å²) in [7, 11) is 0. The van der Waals surface area contributed by atoms with E-state index in [1.165, 1.54) is 57.8 Å². The SMILES string of the molecule is CCCCCCCC(=O)N(CCCN)C1CCCCC1. The molecule has 0 aliphatic heterocycles. The third kappa shape index (κ3) is 6.74. The first kappa shape index (κ1) is 17.5. The number of nitrogens with zero attached hydrogens (tertiary/aromatic N) is 1. The van der Waals surface area contributed by atoms with Gasteiger partial charge < -0.3 is 10.6 Å². The summed E-state index contributed by atoms with van der Waals surface area (Å²) in [6, 6.07) is 0.499. The van der Waals surface area contributed by atoms with Gasteiger partial charge in [-0.05, 0) is 32.2 Å². The molecule has 0 spiro atoms. The molecule has 0 radical (unpaired) electrons. The van der Waals surface area contributed by atoms with Crippen LogP contribution in [0.4, 0.5) is 0 Å². The van der Waals surface area contributed by atoms with E-state index in [2.05, 4.69) is 11.8 Å². The summed E-state index contributed by atoms with van der Waals surface area (Å²) >= 11 is 0. The number of unbranched alkanes of at least 4 members (excludes halogenated alkanes) is 4. The van der Waals surface area contributed by atoms with Crippen LogP contribution in [0.3, 0.4) is 0 Å². The quantitative estimate of drug-likeness (QED) is 0.618. The van der Waals surface area contributed by atoms with E-state index < -0.39 is 0 Å². The van der Waals surface area contributed by atoms with Crippen molar-refractivity contribution in [1.29, 1.82) is 0 Å². The van der Waals surface area contributed by atoms with Gasteiger partial charge in [-0.25, -0.2) is 0 Å². The number of nitrogens with two attached hydrogens (primary N) is 1. The van der Waals surface area contributed by atoms with Crippen molar-refractivity contribution in [2.45, 2.75) is 90.0 Å². The highest BCUT2D eigenvalue weighted by molar-refractivity contribution is 5.76. The van der Waals surface area contributed by atoms with E-state index in [9.17, 15) is 4.79 Å². The summed E-state index contributed by atoms with van der Waals surface area (Å²) in [5.74, 6) is 0.377. The van der Waals surface area contributed by atoms with Crippen LogP contribution in [0, 0.1) is 0 Å². The third-order valence-corrected chi connectivity index (χ3v) is 4.43. The average molecular weight is 282 g/mol. The van der Waals surface area contributed by atoms with Crippen molar-refractivity contribution in [2.75, 3.05) is 13.1 Å². The molecule has 118 valence electrons. The number of hydrogen-bond acceptors (Lipinski definition) is 2. The lowest BCUT2D eigenvalue weighted by Crippen LogP contribution is -2.42. The predicted octanol–water partition coefficient (Wildman–Crippen LogP) is 3.86. The van der Waals surface area contributed by atoms with Gasteiger partial charge >= 0.3 is 0 Å². The lowest BCUT2D eigenvalue weighted by Gasteiger charge is -2.34. The fraction of sp³-hybridized carbons (Fsp3) is 0.941. The molecule has 1 fully saturated rings. The molecule has 2 N–H and O–H groups in total. The van der Waals surface area contributed by atoms with Crippen molar-refractivity contribution in [2.24, 2.45) is 5.73 Å². The Kier molecular flexibility index (Phi) is 9.73. The summed E-state index contributed by atoms with van der Waals surface area (Å²) in [4.78, 5) is 14.6. The van der Waals surface area contributed by atoms with Crippen molar-refractivity contribution >= 4 is 5.91 Å². The largest absolute Gasteiger partial charge is 0.340 e. The minimum absolute atomic E-state index is 0.377. The third-order valence-electron chi connectivity index (χ3n) is 4.43. The maximum absolute atomic E-state index is 12.5. The molecule has 1 aliphatic carbocycles. The minimum atomic E-state index is 0.377. The highest BCUT2D eigenvalue weighted by Gasteiger charge is 2.24. The molecule has 0 atom stereocenters. The topological polar surface area (TPSA) is 46.3 Å². The van der Waals surface area contributed by atoms with Crippen LogP contribution >= 0.6 is 0 Å². The van der Waals surface area contributed by atoms with Gasteiger partial charge in [-0.1, -0.05) is 51.9 Å². The summed E-state index contributed by atoms with van der Waals surface area (Å²) in [5, 5.41) is 0. The van der Waals surface area contributed by atoms with Crippen molar-refractivity contribution in [3.05, 3.63) is 0 Å². The van der Waals surface area contributed by atoms with E-state index >= 15 is 0 Å². The van der Waals surface area contributed by atoms with Gasteiger partial charge in [0.2, 0.25) is 5.91 Å². The zero-order valence-corrected chi connectivity index (χ0v) is 13.4. The number of carbonyl (C=O) groups excluding carboxylic acids is 1. The van der Waals surface area contributed by atoms with E-state index in [0.717, 1.165) is 25.8 Å². The zero-order chi connectivity index (χ0) is 14.6. The van der Waals surface area contributed by atoms with E-state index in [4.69, 9.17) is 5.73 Å². The molecule has 1 aliphatic rings. The standard InChI is InChI=1S/C17H34N2O/c1-2-3-4-5-9-13-17(20)19(15-10-14-18)16-11-7-6-8-12-16/h16H,2-15,18H2,1H3. The molecule has 3 heteroatoms. The second-order valence-corrected chi connectivity index (χ2v) is 6.19. The fourth-order valence-electron chi connectivity index (χ4n) is 3.19. The highest BCUT2D eigenvalue weighted by atomic mass is 16.2. The van der Waals surface area contributed by atoms with Crippen LogP contribution in [-0.4, -0.2) is 29.9 Å². The minimum Gasteiger partial charge on any atom is -0.340 e. The molecule has 1 rings (SSSR count). The molecule has 0 saturated heterocycles. The molecule has 0 heterocycles. The van der Waals surface area contributed by atoms with Crippen LogP contribution in [0.25, 0.3) is 0 Å². The second-order valence-electron chi connectivity index (χ2n) is 6.19. The summed E-state index contributed by atoms with van der Waals surface area (Å²) in [6.07, 6.45) is 14.1. The van der Waals surface area contributed by atoms with E-state index in [0.29, 0.717) is 18.5 Å². The first-order valence-corrected chi connectivity index (χ1v) is 8.79. The normalized spacial score (nSPS) is 16.3. The maximum Gasteiger partial charge on any atom is 0.222 e. The monoisotopic (exact) mass is 282 g/mol. The van der Waals surface area contributed by atoms with Crippen LogP contribution in [0.2, 0.25) is 0 Å². The van der Waals surface area contributed by atoms with Crippen LogP contribution in [-0.2, 0) is 4.79 Å². The molecule has 0 aromatic heterocycles. The van der Waals surface area contributed by atoms with Crippen molar-refractivity contribution in [3.8, 4) is 0 Å². The van der Waals surface area contributed by atoms with E-state index in [1.807, 2.05) is 0 Å².